The van der Waals surface area contributed by atoms with Gasteiger partial charge in [-0.15, -0.1) is 0 Å². The Morgan fingerprint density at radius 3 is 2.50 bits per heavy atom. The Bertz CT molecular complexity index is 460. The van der Waals surface area contributed by atoms with E-state index in [2.05, 4.69) is 5.32 Å². The minimum Gasteiger partial charge on any atom is -0.478 e. The molecule has 0 spiro atoms. The average Bonchev–Trinajstić information content (AvgIpc) is 2.18. The molecule has 0 aromatic heterocycles. The molecule has 1 rings (SSSR count). The standard InChI is InChI=1S/C10H10F4N2O2/c11-6-4-7(15)5(9(17)18)3-8(6)16-2-1-10(12,13)14/h3-4,16H,1-2,15H2,(H,17,18). The molecule has 4 N–H and O–H groups in total. The first-order valence-electron chi connectivity index (χ1n) is 4.83. The normalized spacial score (nSPS) is 11.3. The molecule has 4 nitrogen and oxygen atoms in total. The van der Waals surface area contributed by atoms with Crippen LogP contribution in [0.1, 0.15) is 16.8 Å². The predicted molar refractivity (Wildman–Crippen MR) is 56.9 cm³/mol. The van der Waals surface area contributed by atoms with Crippen molar-refractivity contribution in [2.45, 2.75) is 12.6 Å². The molecule has 0 heterocycles. The van der Waals surface area contributed by atoms with Gasteiger partial charge < -0.3 is 16.2 Å². The number of alkyl halides is 3. The predicted octanol–water partition coefficient (Wildman–Crippen LogP) is 2.47. The summed E-state index contributed by atoms with van der Waals surface area (Å²) in [6.45, 7) is -0.552. The highest BCUT2D eigenvalue weighted by atomic mass is 19.4. The van der Waals surface area contributed by atoms with Crippen LogP contribution in [0.25, 0.3) is 0 Å². The van der Waals surface area contributed by atoms with Crippen molar-refractivity contribution in [3.8, 4) is 0 Å². The molecule has 1 aromatic rings. The fourth-order valence-electron chi connectivity index (χ4n) is 1.25. The molecule has 0 saturated carbocycles. The average molecular weight is 266 g/mol. The van der Waals surface area contributed by atoms with Crippen LogP contribution < -0.4 is 11.1 Å². The van der Waals surface area contributed by atoms with E-state index in [1.54, 1.807) is 0 Å². The second-order valence-electron chi connectivity index (χ2n) is 3.52. The van der Waals surface area contributed by atoms with Crippen LogP contribution in [0.4, 0.5) is 28.9 Å². The van der Waals surface area contributed by atoms with E-state index >= 15 is 0 Å². The van der Waals surface area contributed by atoms with Crippen molar-refractivity contribution in [3.05, 3.63) is 23.5 Å². The summed E-state index contributed by atoms with van der Waals surface area (Å²) >= 11 is 0. The molecule has 8 heteroatoms. The molecule has 0 unspecified atom stereocenters. The third kappa shape index (κ3) is 3.79. The first-order valence-corrected chi connectivity index (χ1v) is 4.83. The highest BCUT2D eigenvalue weighted by molar-refractivity contribution is 5.94. The molecule has 1 aromatic carbocycles. The van der Waals surface area contributed by atoms with Crippen molar-refractivity contribution >= 4 is 17.3 Å². The van der Waals surface area contributed by atoms with Crippen molar-refractivity contribution in [1.82, 2.24) is 0 Å². The van der Waals surface area contributed by atoms with Crippen molar-refractivity contribution in [2.24, 2.45) is 0 Å². The number of nitrogen functional groups attached to an aromatic ring is 1. The molecule has 100 valence electrons. The summed E-state index contributed by atoms with van der Waals surface area (Å²) in [5.74, 6) is -2.29. The molecule has 0 fully saturated rings. The van der Waals surface area contributed by atoms with E-state index in [0.29, 0.717) is 0 Å². The zero-order valence-electron chi connectivity index (χ0n) is 9.01. The molecular weight excluding hydrogens is 256 g/mol. The molecule has 0 aliphatic heterocycles. The van der Waals surface area contributed by atoms with Crippen LogP contribution >= 0.6 is 0 Å². The van der Waals surface area contributed by atoms with E-state index in [1.807, 2.05) is 0 Å². The number of aromatic carboxylic acids is 1. The van der Waals surface area contributed by atoms with Gasteiger partial charge >= 0.3 is 12.1 Å². The number of carboxylic acids is 1. The number of carboxylic acid groups (broad SMARTS) is 1. The zero-order valence-corrected chi connectivity index (χ0v) is 9.01. The van der Waals surface area contributed by atoms with Crippen LogP contribution in [0.2, 0.25) is 0 Å². The Kier molecular flexibility index (Phi) is 4.00. The third-order valence-electron chi connectivity index (χ3n) is 2.09. The highest BCUT2D eigenvalue weighted by Gasteiger charge is 2.26. The van der Waals surface area contributed by atoms with Gasteiger partial charge in [0.1, 0.15) is 5.82 Å². The fraction of sp³-hybridized carbons (Fsp3) is 0.300. The van der Waals surface area contributed by atoms with Crippen LogP contribution in [0, 0.1) is 5.82 Å². The molecule has 0 aliphatic rings. The van der Waals surface area contributed by atoms with Gasteiger partial charge in [0, 0.05) is 12.2 Å². The Morgan fingerprint density at radius 1 is 1.39 bits per heavy atom. The number of rotatable bonds is 4. The van der Waals surface area contributed by atoms with Gasteiger partial charge in [0.2, 0.25) is 0 Å². The number of anilines is 2. The molecule has 0 radical (unpaired) electrons. The van der Waals surface area contributed by atoms with Crippen molar-refractivity contribution in [3.63, 3.8) is 0 Å². The molecular formula is C10H10F4N2O2. The summed E-state index contributed by atoms with van der Waals surface area (Å²) in [7, 11) is 0. The second-order valence-corrected chi connectivity index (χ2v) is 3.52. The van der Waals surface area contributed by atoms with Crippen molar-refractivity contribution in [2.75, 3.05) is 17.6 Å². The summed E-state index contributed by atoms with van der Waals surface area (Å²) in [5.41, 5.74) is 4.27. The van der Waals surface area contributed by atoms with Gasteiger partial charge in [-0.25, -0.2) is 9.18 Å². The van der Waals surface area contributed by atoms with E-state index in [0.717, 1.165) is 12.1 Å². The Hall–Kier alpha value is -1.99. The summed E-state index contributed by atoms with van der Waals surface area (Å²) in [4.78, 5) is 10.7. The quantitative estimate of drug-likeness (QED) is 0.578. The van der Waals surface area contributed by atoms with Gasteiger partial charge in [0.15, 0.2) is 0 Å². The minimum absolute atomic E-state index is 0.290. The maximum Gasteiger partial charge on any atom is 0.390 e. The monoisotopic (exact) mass is 266 g/mol. The summed E-state index contributed by atoms with van der Waals surface area (Å²) in [6, 6.07) is 1.61. The van der Waals surface area contributed by atoms with Gasteiger partial charge in [0.25, 0.3) is 0 Å². The van der Waals surface area contributed by atoms with Gasteiger partial charge in [-0.1, -0.05) is 0 Å². The van der Waals surface area contributed by atoms with E-state index in [9.17, 15) is 22.4 Å². The Balaban J connectivity index is 2.83. The summed E-state index contributed by atoms with van der Waals surface area (Å²) < 4.78 is 48.9. The SMILES string of the molecule is Nc1cc(F)c(NCCC(F)(F)F)cc1C(=O)O. The lowest BCUT2D eigenvalue weighted by molar-refractivity contribution is -0.131. The van der Waals surface area contributed by atoms with Crippen LogP contribution in [0.3, 0.4) is 0 Å². The number of hydrogen-bond acceptors (Lipinski definition) is 3. The zero-order chi connectivity index (χ0) is 13.9. The summed E-state index contributed by atoms with van der Waals surface area (Å²) in [6.07, 6.45) is -5.52. The second kappa shape index (κ2) is 5.11. The third-order valence-corrected chi connectivity index (χ3v) is 2.09. The van der Waals surface area contributed by atoms with E-state index < -0.39 is 30.9 Å². The van der Waals surface area contributed by atoms with E-state index in [4.69, 9.17) is 10.8 Å². The van der Waals surface area contributed by atoms with Crippen molar-refractivity contribution < 1.29 is 27.5 Å². The van der Waals surface area contributed by atoms with Crippen LogP contribution in [0.5, 0.6) is 0 Å². The van der Waals surface area contributed by atoms with Gasteiger partial charge in [-0.2, -0.15) is 13.2 Å². The molecule has 0 atom stereocenters. The first-order chi connectivity index (χ1) is 8.20. The fourth-order valence-corrected chi connectivity index (χ4v) is 1.25. The number of nitrogens with two attached hydrogens (primary N) is 1. The van der Waals surface area contributed by atoms with Crippen LogP contribution in [-0.4, -0.2) is 23.8 Å². The number of nitrogens with one attached hydrogen (secondary N) is 1. The number of hydrogen-bond donors (Lipinski definition) is 3. The topological polar surface area (TPSA) is 75.3 Å². The number of benzene rings is 1. The molecule has 18 heavy (non-hydrogen) atoms. The maximum absolute atomic E-state index is 13.3. The van der Waals surface area contributed by atoms with Crippen LogP contribution in [-0.2, 0) is 0 Å². The molecule has 0 saturated heterocycles. The minimum atomic E-state index is -4.37. The van der Waals surface area contributed by atoms with E-state index in [-0.39, 0.29) is 16.9 Å². The molecule has 0 aliphatic carbocycles. The van der Waals surface area contributed by atoms with Gasteiger partial charge in [-0.3, -0.25) is 0 Å². The lowest BCUT2D eigenvalue weighted by atomic mass is 10.1. The van der Waals surface area contributed by atoms with Crippen molar-refractivity contribution in [1.29, 1.82) is 0 Å². The smallest absolute Gasteiger partial charge is 0.390 e. The summed E-state index contributed by atoms with van der Waals surface area (Å²) in [5, 5.41) is 10.9. The van der Waals surface area contributed by atoms with Gasteiger partial charge in [-0.05, 0) is 12.1 Å². The van der Waals surface area contributed by atoms with Crippen LogP contribution in [0.15, 0.2) is 12.1 Å². The number of halogens is 4. The lowest BCUT2D eigenvalue weighted by Crippen LogP contribution is -2.15. The molecule has 0 amide bonds. The maximum atomic E-state index is 13.3. The Labute approximate surface area is 99.4 Å². The lowest BCUT2D eigenvalue weighted by Gasteiger charge is -2.11. The van der Waals surface area contributed by atoms with Gasteiger partial charge in [0.05, 0.1) is 17.7 Å². The van der Waals surface area contributed by atoms with E-state index in [1.165, 1.54) is 0 Å². The Morgan fingerprint density at radius 2 is 2.00 bits per heavy atom. The highest BCUT2D eigenvalue weighted by Crippen LogP contribution is 2.24. The number of carbonyl (C=O) groups is 1. The molecule has 0 bridgehead atoms. The largest absolute Gasteiger partial charge is 0.478 e. The first kappa shape index (κ1) is 14.1.